The first-order valence-electron chi connectivity index (χ1n) is 9.45. The standard InChI is InChI=1S/C20H27F3N4.HI/c1-24-19(25-18-9-10-26(14-18)15-20(21,22)23)27-11-7-17(8-12-27)13-16-5-3-2-4-6-16;/h2-6,13,18H,7-12,14-15H2,1H3,(H,24,25);1H. The first kappa shape index (κ1) is 23.0. The molecule has 0 spiro atoms. The predicted molar refractivity (Wildman–Crippen MR) is 118 cm³/mol. The first-order chi connectivity index (χ1) is 12.9. The third-order valence-electron chi connectivity index (χ3n) is 5.10. The molecule has 28 heavy (non-hydrogen) atoms. The lowest BCUT2D eigenvalue weighted by molar-refractivity contribution is -0.143. The van der Waals surface area contributed by atoms with E-state index in [0.29, 0.717) is 19.5 Å². The Kier molecular flexibility index (Phi) is 8.60. The van der Waals surface area contributed by atoms with E-state index in [1.165, 1.54) is 16.0 Å². The van der Waals surface area contributed by atoms with Crippen molar-refractivity contribution < 1.29 is 13.2 Å². The van der Waals surface area contributed by atoms with Crippen molar-refractivity contribution in [3.63, 3.8) is 0 Å². The molecule has 2 aliphatic heterocycles. The highest BCUT2D eigenvalue weighted by molar-refractivity contribution is 14.0. The van der Waals surface area contributed by atoms with Crippen LogP contribution in [0, 0.1) is 0 Å². The molecule has 0 bridgehead atoms. The third-order valence-corrected chi connectivity index (χ3v) is 5.10. The number of halogens is 4. The lowest BCUT2D eigenvalue weighted by Crippen LogP contribution is -2.49. The Morgan fingerprint density at radius 1 is 1.18 bits per heavy atom. The van der Waals surface area contributed by atoms with Crippen molar-refractivity contribution in [1.82, 2.24) is 15.1 Å². The highest BCUT2D eigenvalue weighted by Crippen LogP contribution is 2.22. The Morgan fingerprint density at radius 2 is 1.86 bits per heavy atom. The fourth-order valence-electron chi connectivity index (χ4n) is 3.76. The number of rotatable bonds is 3. The van der Waals surface area contributed by atoms with Crippen molar-refractivity contribution in [2.24, 2.45) is 4.99 Å². The van der Waals surface area contributed by atoms with Gasteiger partial charge in [0.05, 0.1) is 6.54 Å². The van der Waals surface area contributed by atoms with Gasteiger partial charge in [0.2, 0.25) is 0 Å². The Labute approximate surface area is 181 Å². The van der Waals surface area contributed by atoms with E-state index in [1.54, 1.807) is 7.05 Å². The summed E-state index contributed by atoms with van der Waals surface area (Å²) >= 11 is 0. The lowest BCUT2D eigenvalue weighted by atomic mass is 10.0. The molecule has 1 unspecified atom stereocenters. The maximum absolute atomic E-state index is 12.5. The SMILES string of the molecule is CN=C(NC1CCN(CC(F)(F)F)C1)N1CCC(=Cc2ccccc2)CC1.I. The summed E-state index contributed by atoms with van der Waals surface area (Å²) in [5, 5.41) is 3.36. The third kappa shape index (κ3) is 6.95. The van der Waals surface area contributed by atoms with Crippen LogP contribution < -0.4 is 5.32 Å². The zero-order valence-corrected chi connectivity index (χ0v) is 18.4. The van der Waals surface area contributed by atoms with E-state index in [9.17, 15) is 13.2 Å². The fraction of sp³-hybridized carbons (Fsp3) is 0.550. The smallest absolute Gasteiger partial charge is 0.352 e. The van der Waals surface area contributed by atoms with Crippen molar-refractivity contribution in [3.8, 4) is 0 Å². The minimum Gasteiger partial charge on any atom is -0.352 e. The Balaban J connectivity index is 0.00000280. The summed E-state index contributed by atoms with van der Waals surface area (Å²) in [6, 6.07) is 10.3. The molecule has 2 saturated heterocycles. The van der Waals surface area contributed by atoms with E-state index in [4.69, 9.17) is 0 Å². The zero-order chi connectivity index (χ0) is 19.3. The maximum atomic E-state index is 12.5. The maximum Gasteiger partial charge on any atom is 0.401 e. The number of benzene rings is 1. The Morgan fingerprint density at radius 3 is 2.46 bits per heavy atom. The van der Waals surface area contributed by atoms with Crippen molar-refractivity contribution in [1.29, 1.82) is 0 Å². The number of aliphatic imine (C=N–C) groups is 1. The van der Waals surface area contributed by atoms with Gasteiger partial charge in [-0.1, -0.05) is 42.0 Å². The van der Waals surface area contributed by atoms with Crippen LogP contribution in [0.3, 0.4) is 0 Å². The van der Waals surface area contributed by atoms with Crippen LogP contribution in [0.5, 0.6) is 0 Å². The van der Waals surface area contributed by atoms with Crippen LogP contribution in [-0.2, 0) is 0 Å². The summed E-state index contributed by atoms with van der Waals surface area (Å²) in [5.74, 6) is 0.799. The number of nitrogens with zero attached hydrogens (tertiary/aromatic N) is 3. The van der Waals surface area contributed by atoms with Gasteiger partial charge in [-0.05, 0) is 24.8 Å². The van der Waals surface area contributed by atoms with E-state index in [2.05, 4.69) is 33.4 Å². The molecule has 2 fully saturated rings. The highest BCUT2D eigenvalue weighted by Gasteiger charge is 2.34. The average molecular weight is 508 g/mol. The molecule has 4 nitrogen and oxygen atoms in total. The number of guanidine groups is 1. The second kappa shape index (κ2) is 10.5. The predicted octanol–water partition coefficient (Wildman–Crippen LogP) is 4.00. The van der Waals surface area contributed by atoms with Gasteiger partial charge < -0.3 is 10.2 Å². The van der Waals surface area contributed by atoms with Crippen LogP contribution in [0.1, 0.15) is 24.8 Å². The molecule has 0 radical (unpaired) electrons. The lowest BCUT2D eigenvalue weighted by Gasteiger charge is -2.33. The monoisotopic (exact) mass is 508 g/mol. The fourth-order valence-corrected chi connectivity index (χ4v) is 3.76. The molecule has 0 aromatic heterocycles. The topological polar surface area (TPSA) is 30.9 Å². The summed E-state index contributed by atoms with van der Waals surface area (Å²) in [5.41, 5.74) is 2.64. The summed E-state index contributed by atoms with van der Waals surface area (Å²) in [6.07, 6.45) is 0.771. The molecule has 156 valence electrons. The molecule has 8 heteroatoms. The van der Waals surface area contributed by atoms with Crippen molar-refractivity contribution in [2.45, 2.75) is 31.5 Å². The number of likely N-dealkylation sites (tertiary alicyclic amines) is 2. The van der Waals surface area contributed by atoms with E-state index < -0.39 is 12.7 Å². The zero-order valence-electron chi connectivity index (χ0n) is 16.1. The largest absolute Gasteiger partial charge is 0.401 e. The molecular formula is C20H28F3IN4. The second-order valence-electron chi connectivity index (χ2n) is 7.23. The molecule has 1 N–H and O–H groups in total. The van der Waals surface area contributed by atoms with Gasteiger partial charge in [0, 0.05) is 39.3 Å². The molecule has 3 rings (SSSR count). The molecule has 0 amide bonds. The summed E-state index contributed by atoms with van der Waals surface area (Å²) in [4.78, 5) is 8.02. The normalized spacial score (nSPS) is 21.4. The van der Waals surface area contributed by atoms with Gasteiger partial charge in [0.15, 0.2) is 5.96 Å². The van der Waals surface area contributed by atoms with Gasteiger partial charge in [-0.15, -0.1) is 24.0 Å². The Bertz CT molecular complexity index is 666. The van der Waals surface area contributed by atoms with Crippen LogP contribution >= 0.6 is 24.0 Å². The van der Waals surface area contributed by atoms with E-state index in [-0.39, 0.29) is 30.0 Å². The van der Waals surface area contributed by atoms with E-state index in [0.717, 1.165) is 31.9 Å². The minimum absolute atomic E-state index is 0. The van der Waals surface area contributed by atoms with Crippen molar-refractivity contribution in [2.75, 3.05) is 39.8 Å². The van der Waals surface area contributed by atoms with Gasteiger partial charge in [-0.25, -0.2) is 0 Å². The number of hydrogen-bond donors (Lipinski definition) is 1. The number of piperidine rings is 1. The first-order valence-corrected chi connectivity index (χ1v) is 9.45. The molecule has 1 aromatic rings. The number of nitrogens with one attached hydrogen (secondary N) is 1. The number of hydrogen-bond acceptors (Lipinski definition) is 2. The Hall–Kier alpha value is -1.29. The molecular weight excluding hydrogens is 480 g/mol. The van der Waals surface area contributed by atoms with E-state index >= 15 is 0 Å². The molecule has 1 atom stereocenters. The van der Waals surface area contributed by atoms with Crippen LogP contribution in [0.2, 0.25) is 0 Å². The number of alkyl halides is 3. The minimum atomic E-state index is -4.13. The summed E-state index contributed by atoms with van der Waals surface area (Å²) in [7, 11) is 1.74. The van der Waals surface area contributed by atoms with Gasteiger partial charge >= 0.3 is 6.18 Å². The quantitative estimate of drug-likeness (QED) is 0.381. The van der Waals surface area contributed by atoms with E-state index in [1.807, 2.05) is 18.2 Å². The highest BCUT2D eigenvalue weighted by atomic mass is 127. The van der Waals surface area contributed by atoms with Gasteiger partial charge in [-0.2, -0.15) is 13.2 Å². The molecule has 2 aliphatic rings. The summed E-state index contributed by atoms with van der Waals surface area (Å²) < 4.78 is 37.6. The van der Waals surface area contributed by atoms with Gasteiger partial charge in [0.1, 0.15) is 0 Å². The molecule has 2 heterocycles. The molecule has 0 aliphatic carbocycles. The summed E-state index contributed by atoms with van der Waals surface area (Å²) in [6.45, 7) is 1.79. The molecule has 1 aromatic carbocycles. The average Bonchev–Trinajstić information content (AvgIpc) is 3.06. The van der Waals surface area contributed by atoms with Gasteiger partial charge in [0.25, 0.3) is 0 Å². The van der Waals surface area contributed by atoms with Gasteiger partial charge in [-0.3, -0.25) is 9.89 Å². The van der Waals surface area contributed by atoms with Crippen molar-refractivity contribution in [3.05, 3.63) is 41.5 Å². The van der Waals surface area contributed by atoms with Crippen LogP contribution in [0.15, 0.2) is 40.9 Å². The second-order valence-corrected chi connectivity index (χ2v) is 7.23. The van der Waals surface area contributed by atoms with Crippen molar-refractivity contribution >= 4 is 36.0 Å². The van der Waals surface area contributed by atoms with Crippen LogP contribution in [0.25, 0.3) is 6.08 Å². The molecule has 0 saturated carbocycles. The van der Waals surface area contributed by atoms with Crippen LogP contribution in [0.4, 0.5) is 13.2 Å². The van der Waals surface area contributed by atoms with Crippen LogP contribution in [-0.4, -0.2) is 67.7 Å².